The summed E-state index contributed by atoms with van der Waals surface area (Å²) in [6.45, 7) is 4.02. The summed E-state index contributed by atoms with van der Waals surface area (Å²) in [5.41, 5.74) is 0. The summed E-state index contributed by atoms with van der Waals surface area (Å²) in [6, 6.07) is 0. The van der Waals surface area contributed by atoms with E-state index in [1.165, 1.54) is 44.9 Å². The number of nitrogens with zero attached hydrogens (tertiary/aromatic N) is 2. The lowest BCUT2D eigenvalue weighted by Crippen LogP contribution is -2.36. The Balaban J connectivity index is 0.00000289. The highest BCUT2D eigenvalue weighted by Crippen LogP contribution is 2.28. The fourth-order valence-electron chi connectivity index (χ4n) is 2.54. The highest BCUT2D eigenvalue weighted by Gasteiger charge is 2.13. The van der Waals surface area contributed by atoms with Gasteiger partial charge in [0.1, 0.15) is 0 Å². The van der Waals surface area contributed by atoms with Crippen molar-refractivity contribution in [3.8, 4) is 0 Å². The van der Waals surface area contributed by atoms with Gasteiger partial charge in [0.2, 0.25) is 0 Å². The lowest BCUT2D eigenvalue weighted by molar-refractivity contribution is 0.475. The Bertz CT molecular complexity index is 223. The molecule has 0 spiro atoms. The van der Waals surface area contributed by atoms with Crippen molar-refractivity contribution in [3.05, 3.63) is 0 Å². The average molecular weight is 367 g/mol. The summed E-state index contributed by atoms with van der Waals surface area (Å²) in [5, 5.41) is 3.29. The van der Waals surface area contributed by atoms with Gasteiger partial charge in [-0.3, -0.25) is 4.99 Å². The van der Waals surface area contributed by atoms with Crippen LogP contribution >= 0.6 is 24.0 Å². The molecular weight excluding hydrogens is 337 g/mol. The van der Waals surface area contributed by atoms with E-state index < -0.39 is 0 Å². The molecule has 0 bridgehead atoms. The van der Waals surface area contributed by atoms with Crippen LogP contribution in [0, 0.1) is 5.92 Å². The van der Waals surface area contributed by atoms with E-state index in [-0.39, 0.29) is 24.0 Å². The Kier molecular flexibility index (Phi) is 10.9. The third kappa shape index (κ3) is 7.44. The summed E-state index contributed by atoms with van der Waals surface area (Å²) >= 11 is 0. The van der Waals surface area contributed by atoms with Crippen LogP contribution in [0.25, 0.3) is 0 Å². The molecule has 0 aromatic carbocycles. The minimum Gasteiger partial charge on any atom is -0.357 e. The predicted octanol–water partition coefficient (Wildman–Crippen LogP) is 3.49. The van der Waals surface area contributed by atoms with Gasteiger partial charge in [0, 0.05) is 27.2 Å². The maximum absolute atomic E-state index is 4.61. The van der Waals surface area contributed by atoms with Crippen molar-refractivity contribution >= 4 is 29.9 Å². The van der Waals surface area contributed by atoms with Gasteiger partial charge < -0.3 is 10.2 Å². The van der Waals surface area contributed by atoms with Gasteiger partial charge in [0.15, 0.2) is 5.96 Å². The zero-order chi connectivity index (χ0) is 12.5. The van der Waals surface area contributed by atoms with Crippen LogP contribution in [0.2, 0.25) is 0 Å². The number of hydrogen-bond donors (Lipinski definition) is 1. The summed E-state index contributed by atoms with van der Waals surface area (Å²) in [5.74, 6) is 2.05. The van der Waals surface area contributed by atoms with Gasteiger partial charge in [-0.1, -0.05) is 38.5 Å². The van der Waals surface area contributed by atoms with E-state index in [2.05, 4.69) is 22.1 Å². The van der Waals surface area contributed by atoms with Crippen LogP contribution in [0.15, 0.2) is 4.99 Å². The molecule has 0 saturated heterocycles. The van der Waals surface area contributed by atoms with Crippen molar-refractivity contribution in [1.82, 2.24) is 10.2 Å². The van der Waals surface area contributed by atoms with Gasteiger partial charge in [-0.2, -0.15) is 0 Å². The van der Waals surface area contributed by atoms with Crippen molar-refractivity contribution in [2.75, 3.05) is 27.2 Å². The first-order valence-corrected chi connectivity index (χ1v) is 7.19. The zero-order valence-electron chi connectivity index (χ0n) is 12.2. The van der Waals surface area contributed by atoms with Crippen molar-refractivity contribution < 1.29 is 0 Å². The second kappa shape index (κ2) is 10.9. The van der Waals surface area contributed by atoms with Crippen LogP contribution in [0.5, 0.6) is 0 Å². The third-order valence-electron chi connectivity index (χ3n) is 3.52. The highest BCUT2D eigenvalue weighted by molar-refractivity contribution is 14.0. The predicted molar refractivity (Wildman–Crippen MR) is 90.9 cm³/mol. The number of rotatable bonds is 6. The first kappa shape index (κ1) is 18.0. The van der Waals surface area contributed by atoms with Crippen molar-refractivity contribution in [2.24, 2.45) is 10.9 Å². The molecule has 1 rings (SSSR count). The van der Waals surface area contributed by atoms with E-state index >= 15 is 0 Å². The highest BCUT2D eigenvalue weighted by atomic mass is 127. The number of guanidine groups is 1. The fraction of sp³-hybridized carbons (Fsp3) is 0.929. The second-order valence-electron chi connectivity index (χ2n) is 5.28. The Morgan fingerprint density at radius 2 is 1.89 bits per heavy atom. The second-order valence-corrected chi connectivity index (χ2v) is 5.28. The molecule has 0 heterocycles. The molecule has 108 valence electrons. The van der Waals surface area contributed by atoms with E-state index in [0.717, 1.165) is 25.0 Å². The minimum atomic E-state index is 0. The molecule has 1 saturated carbocycles. The molecule has 18 heavy (non-hydrogen) atoms. The molecule has 0 aromatic rings. The minimum absolute atomic E-state index is 0. The summed E-state index contributed by atoms with van der Waals surface area (Å²) < 4.78 is 0. The zero-order valence-corrected chi connectivity index (χ0v) is 14.6. The normalized spacial score (nSPS) is 16.5. The molecular formula is C14H30IN3. The van der Waals surface area contributed by atoms with Crippen LogP contribution < -0.4 is 5.32 Å². The van der Waals surface area contributed by atoms with Gasteiger partial charge in [0.25, 0.3) is 0 Å². The van der Waals surface area contributed by atoms with E-state index in [9.17, 15) is 0 Å². The SMILES string of the molecule is CCNC(=NCCCCC1CCCC1)N(C)C.I. The van der Waals surface area contributed by atoms with Gasteiger partial charge in [-0.15, -0.1) is 24.0 Å². The van der Waals surface area contributed by atoms with Crippen LogP contribution in [0.1, 0.15) is 51.9 Å². The average Bonchev–Trinajstić information content (AvgIpc) is 2.80. The van der Waals surface area contributed by atoms with E-state index in [0.29, 0.717) is 0 Å². The van der Waals surface area contributed by atoms with E-state index in [1.54, 1.807) is 0 Å². The molecule has 0 atom stereocenters. The molecule has 0 unspecified atom stereocenters. The topological polar surface area (TPSA) is 27.6 Å². The Morgan fingerprint density at radius 1 is 1.22 bits per heavy atom. The lowest BCUT2D eigenvalue weighted by atomic mass is 10.0. The molecule has 3 nitrogen and oxygen atoms in total. The van der Waals surface area contributed by atoms with E-state index in [4.69, 9.17) is 0 Å². The molecule has 1 fully saturated rings. The Labute approximate surface area is 130 Å². The molecule has 1 aliphatic carbocycles. The molecule has 0 aliphatic heterocycles. The van der Waals surface area contributed by atoms with Crippen LogP contribution in [0.3, 0.4) is 0 Å². The standard InChI is InChI=1S/C14H29N3.HI/c1-4-15-14(17(2)3)16-12-8-7-11-13-9-5-6-10-13;/h13H,4-12H2,1-3H3,(H,15,16);1H. The summed E-state index contributed by atoms with van der Waals surface area (Å²) in [7, 11) is 4.08. The third-order valence-corrected chi connectivity index (χ3v) is 3.52. The molecule has 0 radical (unpaired) electrons. The van der Waals surface area contributed by atoms with Crippen LogP contribution in [-0.2, 0) is 0 Å². The van der Waals surface area contributed by atoms with Crippen LogP contribution in [-0.4, -0.2) is 38.0 Å². The molecule has 1 N–H and O–H groups in total. The van der Waals surface area contributed by atoms with Gasteiger partial charge in [0.05, 0.1) is 0 Å². The van der Waals surface area contributed by atoms with Gasteiger partial charge >= 0.3 is 0 Å². The molecule has 1 aliphatic rings. The first-order valence-electron chi connectivity index (χ1n) is 7.19. The Morgan fingerprint density at radius 3 is 2.44 bits per heavy atom. The number of unbranched alkanes of at least 4 members (excludes halogenated alkanes) is 1. The summed E-state index contributed by atoms with van der Waals surface area (Å²) in [4.78, 5) is 6.66. The lowest BCUT2D eigenvalue weighted by Gasteiger charge is -2.16. The number of hydrogen-bond acceptors (Lipinski definition) is 1. The quantitative estimate of drug-likeness (QED) is 0.337. The molecule has 4 heteroatoms. The maximum Gasteiger partial charge on any atom is 0.193 e. The van der Waals surface area contributed by atoms with Crippen LogP contribution in [0.4, 0.5) is 0 Å². The number of nitrogens with one attached hydrogen (secondary N) is 1. The monoisotopic (exact) mass is 367 g/mol. The van der Waals surface area contributed by atoms with Crippen molar-refractivity contribution in [2.45, 2.75) is 51.9 Å². The van der Waals surface area contributed by atoms with Gasteiger partial charge in [-0.25, -0.2) is 0 Å². The molecule has 0 aromatic heterocycles. The largest absolute Gasteiger partial charge is 0.357 e. The van der Waals surface area contributed by atoms with Crippen molar-refractivity contribution in [3.63, 3.8) is 0 Å². The smallest absolute Gasteiger partial charge is 0.193 e. The maximum atomic E-state index is 4.61. The fourth-order valence-corrected chi connectivity index (χ4v) is 2.54. The number of halogens is 1. The first-order chi connectivity index (χ1) is 8.24. The molecule has 0 amide bonds. The Hall–Kier alpha value is 0. The van der Waals surface area contributed by atoms with Gasteiger partial charge in [-0.05, 0) is 19.3 Å². The number of aliphatic imine (C=N–C) groups is 1. The van der Waals surface area contributed by atoms with Crippen molar-refractivity contribution in [1.29, 1.82) is 0 Å². The van der Waals surface area contributed by atoms with E-state index in [1.807, 2.05) is 14.1 Å². The summed E-state index contributed by atoms with van der Waals surface area (Å²) in [6.07, 6.45) is 9.89.